The van der Waals surface area contributed by atoms with Crippen molar-refractivity contribution < 1.29 is 14.3 Å². The third-order valence-electron chi connectivity index (χ3n) is 5.33. The molecule has 0 aromatic heterocycles. The van der Waals surface area contributed by atoms with Crippen LogP contribution in [0.1, 0.15) is 66.2 Å². The molecule has 29 heavy (non-hydrogen) atoms. The highest BCUT2D eigenvalue weighted by Crippen LogP contribution is 2.24. The molecule has 1 saturated carbocycles. The Morgan fingerprint density at radius 1 is 1.03 bits per heavy atom. The highest BCUT2D eigenvalue weighted by molar-refractivity contribution is 6.10. The molecule has 5 heteroatoms. The summed E-state index contributed by atoms with van der Waals surface area (Å²) in [5, 5.41) is 3.14. The molecule has 0 atom stereocenters. The molecule has 1 fully saturated rings. The van der Waals surface area contributed by atoms with Crippen LogP contribution in [0.3, 0.4) is 0 Å². The van der Waals surface area contributed by atoms with Crippen LogP contribution < -0.4 is 15.0 Å². The SMILES string of the molecule is CCCOc1ccc(C(=O)N(C)c2ccccc2C(=O)NC2CCCCC2)cc1. The predicted molar refractivity (Wildman–Crippen MR) is 116 cm³/mol. The Hall–Kier alpha value is -2.82. The molecule has 0 bridgehead atoms. The average molecular weight is 395 g/mol. The Balaban J connectivity index is 1.73. The van der Waals surface area contributed by atoms with Gasteiger partial charge in [0.1, 0.15) is 5.75 Å². The summed E-state index contributed by atoms with van der Waals surface area (Å²) in [4.78, 5) is 27.4. The van der Waals surface area contributed by atoms with Crippen molar-refractivity contribution in [2.24, 2.45) is 0 Å². The largest absolute Gasteiger partial charge is 0.494 e. The zero-order valence-electron chi connectivity index (χ0n) is 17.3. The molecule has 0 saturated heterocycles. The van der Waals surface area contributed by atoms with E-state index in [0.717, 1.165) is 37.9 Å². The number of para-hydroxylation sites is 1. The van der Waals surface area contributed by atoms with Crippen LogP contribution in [0.4, 0.5) is 5.69 Å². The van der Waals surface area contributed by atoms with Crippen molar-refractivity contribution in [2.75, 3.05) is 18.6 Å². The fourth-order valence-electron chi connectivity index (χ4n) is 3.68. The number of hydrogen-bond acceptors (Lipinski definition) is 3. The summed E-state index contributed by atoms with van der Waals surface area (Å²) in [5.74, 6) is 0.471. The van der Waals surface area contributed by atoms with Crippen LogP contribution in [-0.2, 0) is 0 Å². The number of benzene rings is 2. The van der Waals surface area contributed by atoms with Crippen LogP contribution in [0.2, 0.25) is 0 Å². The second-order valence-corrected chi connectivity index (χ2v) is 7.56. The minimum Gasteiger partial charge on any atom is -0.494 e. The maximum absolute atomic E-state index is 13.0. The van der Waals surface area contributed by atoms with Crippen molar-refractivity contribution in [1.29, 1.82) is 0 Å². The monoisotopic (exact) mass is 394 g/mol. The van der Waals surface area contributed by atoms with Crippen molar-refractivity contribution in [3.05, 3.63) is 59.7 Å². The first-order valence-electron chi connectivity index (χ1n) is 10.5. The summed E-state index contributed by atoms with van der Waals surface area (Å²) in [7, 11) is 1.70. The van der Waals surface area contributed by atoms with Crippen LogP contribution >= 0.6 is 0 Å². The molecule has 154 valence electrons. The topological polar surface area (TPSA) is 58.6 Å². The number of anilines is 1. The third kappa shape index (κ3) is 5.37. The predicted octanol–water partition coefficient (Wildman–Crippen LogP) is 4.81. The number of amides is 2. The third-order valence-corrected chi connectivity index (χ3v) is 5.33. The summed E-state index contributed by atoms with van der Waals surface area (Å²) in [6.45, 7) is 2.70. The van der Waals surface area contributed by atoms with Gasteiger partial charge in [0, 0.05) is 18.7 Å². The quantitative estimate of drug-likeness (QED) is 0.733. The van der Waals surface area contributed by atoms with Gasteiger partial charge in [-0.05, 0) is 55.7 Å². The highest BCUT2D eigenvalue weighted by atomic mass is 16.5. The van der Waals surface area contributed by atoms with E-state index < -0.39 is 0 Å². The lowest BCUT2D eigenvalue weighted by Crippen LogP contribution is -2.37. The molecule has 1 N–H and O–H groups in total. The Morgan fingerprint density at radius 2 is 1.72 bits per heavy atom. The van der Waals surface area contributed by atoms with Gasteiger partial charge in [0.2, 0.25) is 0 Å². The van der Waals surface area contributed by atoms with E-state index in [4.69, 9.17) is 4.74 Å². The number of nitrogens with one attached hydrogen (secondary N) is 1. The summed E-state index contributed by atoms with van der Waals surface area (Å²) in [6.07, 6.45) is 6.53. The smallest absolute Gasteiger partial charge is 0.258 e. The van der Waals surface area contributed by atoms with E-state index in [1.807, 2.05) is 18.2 Å². The van der Waals surface area contributed by atoms with E-state index in [0.29, 0.717) is 23.4 Å². The Morgan fingerprint density at radius 3 is 2.41 bits per heavy atom. The van der Waals surface area contributed by atoms with E-state index in [9.17, 15) is 9.59 Å². The van der Waals surface area contributed by atoms with Gasteiger partial charge in [0.15, 0.2) is 0 Å². The van der Waals surface area contributed by atoms with E-state index in [1.165, 1.54) is 11.3 Å². The number of hydrogen-bond donors (Lipinski definition) is 1. The molecule has 0 spiro atoms. The maximum Gasteiger partial charge on any atom is 0.258 e. The van der Waals surface area contributed by atoms with Gasteiger partial charge in [0.25, 0.3) is 11.8 Å². The molecule has 2 aromatic rings. The van der Waals surface area contributed by atoms with Crippen LogP contribution in [-0.4, -0.2) is 31.5 Å². The standard InChI is InChI=1S/C24H30N2O3/c1-3-17-29-20-15-13-18(14-16-20)24(28)26(2)22-12-8-7-11-21(22)23(27)25-19-9-5-4-6-10-19/h7-8,11-16,19H,3-6,9-10,17H2,1-2H3,(H,25,27). The summed E-state index contributed by atoms with van der Waals surface area (Å²) < 4.78 is 5.58. The van der Waals surface area contributed by atoms with Crippen molar-refractivity contribution in [1.82, 2.24) is 5.32 Å². The lowest BCUT2D eigenvalue weighted by molar-refractivity contribution is 0.0928. The van der Waals surface area contributed by atoms with E-state index in [-0.39, 0.29) is 17.9 Å². The first-order chi connectivity index (χ1) is 14.1. The molecule has 2 aromatic carbocycles. The molecule has 3 rings (SSSR count). The second kappa shape index (κ2) is 10.1. The highest BCUT2D eigenvalue weighted by Gasteiger charge is 2.22. The van der Waals surface area contributed by atoms with E-state index >= 15 is 0 Å². The van der Waals surface area contributed by atoms with Gasteiger partial charge in [-0.15, -0.1) is 0 Å². The number of rotatable bonds is 7. The summed E-state index contributed by atoms with van der Waals surface area (Å²) >= 11 is 0. The second-order valence-electron chi connectivity index (χ2n) is 7.56. The number of nitrogens with zero attached hydrogens (tertiary/aromatic N) is 1. The van der Waals surface area contributed by atoms with Gasteiger partial charge in [-0.1, -0.05) is 38.3 Å². The van der Waals surface area contributed by atoms with Gasteiger partial charge < -0.3 is 15.0 Å². The lowest BCUT2D eigenvalue weighted by atomic mass is 9.95. The van der Waals surface area contributed by atoms with Crippen LogP contribution in [0.15, 0.2) is 48.5 Å². The molecule has 0 heterocycles. The van der Waals surface area contributed by atoms with Crippen molar-refractivity contribution in [3.8, 4) is 5.75 Å². The molecule has 0 aliphatic heterocycles. The molecule has 1 aliphatic rings. The molecule has 0 unspecified atom stereocenters. The van der Waals surface area contributed by atoms with Gasteiger partial charge in [-0.2, -0.15) is 0 Å². The van der Waals surface area contributed by atoms with Gasteiger partial charge in [-0.25, -0.2) is 0 Å². The number of carbonyl (C=O) groups is 2. The average Bonchev–Trinajstić information content (AvgIpc) is 2.77. The van der Waals surface area contributed by atoms with E-state index in [2.05, 4.69) is 12.2 Å². The summed E-state index contributed by atoms with van der Waals surface area (Å²) in [5.41, 5.74) is 1.69. The van der Waals surface area contributed by atoms with Gasteiger partial charge in [-0.3, -0.25) is 9.59 Å². The fraction of sp³-hybridized carbons (Fsp3) is 0.417. The van der Waals surface area contributed by atoms with Crippen molar-refractivity contribution >= 4 is 17.5 Å². The maximum atomic E-state index is 13.0. The lowest BCUT2D eigenvalue weighted by Gasteiger charge is -2.25. The van der Waals surface area contributed by atoms with Gasteiger partial charge in [0.05, 0.1) is 17.9 Å². The van der Waals surface area contributed by atoms with Crippen molar-refractivity contribution in [3.63, 3.8) is 0 Å². The molecule has 2 amide bonds. The molecule has 5 nitrogen and oxygen atoms in total. The Kier molecular flexibility index (Phi) is 7.28. The molecule has 1 aliphatic carbocycles. The van der Waals surface area contributed by atoms with Crippen LogP contribution in [0, 0.1) is 0 Å². The summed E-state index contributed by atoms with van der Waals surface area (Å²) in [6, 6.07) is 14.6. The van der Waals surface area contributed by atoms with Crippen molar-refractivity contribution in [2.45, 2.75) is 51.5 Å². The normalized spacial score (nSPS) is 14.3. The molecule has 0 radical (unpaired) electrons. The van der Waals surface area contributed by atoms with E-state index in [1.54, 1.807) is 37.4 Å². The molecular formula is C24H30N2O3. The zero-order valence-corrected chi connectivity index (χ0v) is 17.3. The number of carbonyl (C=O) groups excluding carboxylic acids is 2. The fourth-order valence-corrected chi connectivity index (χ4v) is 3.68. The van der Waals surface area contributed by atoms with Gasteiger partial charge >= 0.3 is 0 Å². The first-order valence-corrected chi connectivity index (χ1v) is 10.5. The van der Waals surface area contributed by atoms with Crippen LogP contribution in [0.25, 0.3) is 0 Å². The van der Waals surface area contributed by atoms with Crippen LogP contribution in [0.5, 0.6) is 5.75 Å². The Labute approximate surface area is 173 Å². The molecular weight excluding hydrogens is 364 g/mol. The number of ether oxygens (including phenoxy) is 1. The zero-order chi connectivity index (χ0) is 20.6. The minimum atomic E-state index is -0.162. The minimum absolute atomic E-state index is 0.115. The first kappa shape index (κ1) is 20.9. The Bertz CT molecular complexity index is 826.